The zero-order valence-electron chi connectivity index (χ0n) is 16.3. The number of hydrogen-bond acceptors (Lipinski definition) is 9. The second kappa shape index (κ2) is 9.55. The average molecular weight is 447 g/mol. The molecule has 3 aromatic rings. The molecule has 2 heterocycles. The summed E-state index contributed by atoms with van der Waals surface area (Å²) in [5.74, 6) is 0.279. The molecular formula is C19H18N4O5S2. The van der Waals surface area contributed by atoms with E-state index in [4.69, 9.17) is 4.42 Å². The second-order valence-electron chi connectivity index (χ2n) is 6.06. The van der Waals surface area contributed by atoms with Gasteiger partial charge >= 0.3 is 5.97 Å². The number of nitrogens with zero attached hydrogens (tertiary/aromatic N) is 2. The lowest BCUT2D eigenvalue weighted by Gasteiger charge is -2.05. The Hall–Kier alpha value is -3.18. The van der Waals surface area contributed by atoms with E-state index in [0.29, 0.717) is 37.8 Å². The number of amides is 2. The summed E-state index contributed by atoms with van der Waals surface area (Å²) in [6, 6.07) is 8.03. The van der Waals surface area contributed by atoms with Gasteiger partial charge in [0.1, 0.15) is 11.5 Å². The summed E-state index contributed by atoms with van der Waals surface area (Å²) in [5.41, 5.74) is 1.40. The van der Waals surface area contributed by atoms with Crippen molar-refractivity contribution in [3.63, 3.8) is 0 Å². The van der Waals surface area contributed by atoms with Crippen LogP contribution in [-0.4, -0.2) is 40.8 Å². The quantitative estimate of drug-likeness (QED) is 0.321. The van der Waals surface area contributed by atoms with Crippen LogP contribution < -0.4 is 10.6 Å². The first-order valence-electron chi connectivity index (χ1n) is 8.68. The second-order valence-corrected chi connectivity index (χ2v) is 8.26. The zero-order valence-corrected chi connectivity index (χ0v) is 18.0. The minimum Gasteiger partial charge on any atom is -0.466 e. The number of rotatable bonds is 7. The topological polar surface area (TPSA) is 123 Å². The normalized spacial score (nSPS) is 10.5. The number of benzene rings is 1. The van der Waals surface area contributed by atoms with Crippen molar-refractivity contribution in [3.05, 3.63) is 53.0 Å². The first-order chi connectivity index (χ1) is 14.4. The van der Waals surface area contributed by atoms with Gasteiger partial charge in [0.05, 0.1) is 24.0 Å². The molecule has 0 fully saturated rings. The lowest BCUT2D eigenvalue weighted by molar-refractivity contribution is -0.113. The first kappa shape index (κ1) is 21.5. The number of esters is 1. The molecule has 30 heavy (non-hydrogen) atoms. The van der Waals surface area contributed by atoms with Gasteiger partial charge in [0.25, 0.3) is 5.91 Å². The Morgan fingerprint density at radius 3 is 2.50 bits per heavy atom. The number of aromatic nitrogens is 2. The average Bonchev–Trinajstić information content (AvgIpc) is 3.31. The van der Waals surface area contributed by atoms with E-state index in [0.717, 1.165) is 0 Å². The summed E-state index contributed by atoms with van der Waals surface area (Å²) in [5, 5.41) is 13.6. The Kier molecular flexibility index (Phi) is 6.85. The van der Waals surface area contributed by atoms with Gasteiger partial charge in [0.15, 0.2) is 4.34 Å². The largest absolute Gasteiger partial charge is 0.466 e. The fourth-order valence-corrected chi connectivity index (χ4v) is 4.02. The smallest absolute Gasteiger partial charge is 0.337 e. The molecule has 2 N–H and O–H groups in total. The lowest BCUT2D eigenvalue weighted by atomic mass is 10.2. The molecule has 0 radical (unpaired) electrons. The van der Waals surface area contributed by atoms with E-state index >= 15 is 0 Å². The van der Waals surface area contributed by atoms with Crippen molar-refractivity contribution in [2.24, 2.45) is 0 Å². The Labute approximate surface area is 180 Å². The van der Waals surface area contributed by atoms with Crippen LogP contribution in [0.1, 0.15) is 32.2 Å². The van der Waals surface area contributed by atoms with Gasteiger partial charge < -0.3 is 14.5 Å². The molecule has 0 saturated carbocycles. The molecule has 0 bridgehead atoms. The van der Waals surface area contributed by atoms with Crippen LogP contribution in [-0.2, 0) is 9.53 Å². The third kappa shape index (κ3) is 5.45. The van der Waals surface area contributed by atoms with Crippen molar-refractivity contribution in [1.82, 2.24) is 10.2 Å². The summed E-state index contributed by atoms with van der Waals surface area (Å²) in [7, 11) is 1.30. The van der Waals surface area contributed by atoms with Gasteiger partial charge in [-0.25, -0.2) is 4.79 Å². The number of aryl methyl sites for hydroxylation is 2. The van der Waals surface area contributed by atoms with E-state index < -0.39 is 5.97 Å². The molecule has 0 aliphatic heterocycles. The standard InChI is InChI=1S/C19H18N4O5S2/c1-10-8-14(11(2)28-10)16(25)21-18-22-23-19(30-18)29-9-15(24)20-13-6-4-12(5-7-13)17(26)27-3/h4-8H,9H2,1-3H3,(H,20,24)(H,21,22,25). The molecule has 0 spiro atoms. The van der Waals surface area contributed by atoms with Crippen molar-refractivity contribution >= 4 is 51.7 Å². The molecule has 0 saturated heterocycles. The number of nitrogens with one attached hydrogen (secondary N) is 2. The molecule has 0 aliphatic carbocycles. The zero-order chi connectivity index (χ0) is 21.7. The van der Waals surface area contributed by atoms with Crippen molar-refractivity contribution in [1.29, 1.82) is 0 Å². The molecule has 1 aromatic carbocycles. The summed E-state index contributed by atoms with van der Waals surface area (Å²) in [4.78, 5) is 35.8. The molecule has 9 nitrogen and oxygen atoms in total. The van der Waals surface area contributed by atoms with Crippen LogP contribution in [0.4, 0.5) is 10.8 Å². The third-order valence-corrected chi connectivity index (χ3v) is 5.80. The molecular weight excluding hydrogens is 428 g/mol. The third-order valence-electron chi connectivity index (χ3n) is 3.83. The molecule has 0 aliphatic rings. The van der Waals surface area contributed by atoms with Crippen LogP contribution >= 0.6 is 23.1 Å². The first-order valence-corrected chi connectivity index (χ1v) is 10.5. The molecule has 3 rings (SSSR count). The number of ether oxygens (including phenoxy) is 1. The minimum atomic E-state index is -0.444. The molecule has 0 atom stereocenters. The van der Waals surface area contributed by atoms with E-state index in [9.17, 15) is 14.4 Å². The highest BCUT2D eigenvalue weighted by Gasteiger charge is 2.16. The number of carbonyl (C=O) groups is 3. The number of methoxy groups -OCH3 is 1. The van der Waals surface area contributed by atoms with Crippen LogP contribution in [0.2, 0.25) is 0 Å². The van der Waals surface area contributed by atoms with Crippen molar-refractivity contribution in [2.75, 3.05) is 23.5 Å². The monoisotopic (exact) mass is 446 g/mol. The minimum absolute atomic E-state index is 0.112. The molecule has 2 amide bonds. The van der Waals surface area contributed by atoms with Gasteiger partial charge in [-0.2, -0.15) is 0 Å². The number of carbonyl (C=O) groups excluding carboxylic acids is 3. The van der Waals surface area contributed by atoms with Gasteiger partial charge in [-0.3, -0.25) is 14.9 Å². The van der Waals surface area contributed by atoms with Gasteiger partial charge in [0, 0.05) is 5.69 Å². The van der Waals surface area contributed by atoms with Crippen LogP contribution in [0.5, 0.6) is 0 Å². The number of hydrogen-bond donors (Lipinski definition) is 2. The predicted molar refractivity (Wildman–Crippen MR) is 113 cm³/mol. The van der Waals surface area contributed by atoms with Crippen molar-refractivity contribution in [3.8, 4) is 0 Å². The van der Waals surface area contributed by atoms with Crippen LogP contribution in [0.15, 0.2) is 39.1 Å². The fourth-order valence-electron chi connectivity index (χ4n) is 2.47. The molecule has 11 heteroatoms. The highest BCUT2D eigenvalue weighted by Crippen LogP contribution is 2.26. The van der Waals surface area contributed by atoms with E-state index in [1.54, 1.807) is 44.2 Å². The van der Waals surface area contributed by atoms with Crippen LogP contribution in [0, 0.1) is 13.8 Å². The maximum Gasteiger partial charge on any atom is 0.337 e. The fraction of sp³-hybridized carbons (Fsp3) is 0.211. The molecule has 156 valence electrons. The van der Waals surface area contributed by atoms with E-state index in [1.165, 1.54) is 30.2 Å². The highest BCUT2D eigenvalue weighted by molar-refractivity contribution is 8.01. The lowest BCUT2D eigenvalue weighted by Crippen LogP contribution is -2.14. The van der Waals surface area contributed by atoms with Crippen LogP contribution in [0.3, 0.4) is 0 Å². The Morgan fingerprint density at radius 1 is 1.13 bits per heavy atom. The molecule has 0 unspecified atom stereocenters. The van der Waals surface area contributed by atoms with Crippen LogP contribution in [0.25, 0.3) is 0 Å². The van der Waals surface area contributed by atoms with Gasteiger partial charge in [-0.1, -0.05) is 23.1 Å². The number of furan rings is 1. The van der Waals surface area contributed by atoms with E-state index in [2.05, 4.69) is 25.6 Å². The van der Waals surface area contributed by atoms with Gasteiger partial charge in [-0.05, 0) is 44.2 Å². The highest BCUT2D eigenvalue weighted by atomic mass is 32.2. The van der Waals surface area contributed by atoms with Crippen molar-refractivity contribution < 1.29 is 23.5 Å². The summed E-state index contributed by atoms with van der Waals surface area (Å²) in [6.07, 6.45) is 0. The summed E-state index contributed by atoms with van der Waals surface area (Å²) in [6.45, 7) is 3.48. The maximum atomic E-state index is 12.3. The maximum absolute atomic E-state index is 12.3. The number of thioether (sulfide) groups is 1. The SMILES string of the molecule is COC(=O)c1ccc(NC(=O)CSc2nnc(NC(=O)c3cc(C)oc3C)s2)cc1. The van der Waals surface area contributed by atoms with Gasteiger partial charge in [0.2, 0.25) is 11.0 Å². The number of anilines is 2. The summed E-state index contributed by atoms with van der Waals surface area (Å²) < 4.78 is 10.5. The molecule has 2 aromatic heterocycles. The Morgan fingerprint density at radius 2 is 1.87 bits per heavy atom. The van der Waals surface area contributed by atoms with E-state index in [1.807, 2.05) is 0 Å². The Balaban J connectivity index is 1.50. The van der Waals surface area contributed by atoms with Crippen molar-refractivity contribution in [2.45, 2.75) is 18.2 Å². The Bertz CT molecular complexity index is 1080. The van der Waals surface area contributed by atoms with Gasteiger partial charge in [-0.15, -0.1) is 10.2 Å². The summed E-state index contributed by atoms with van der Waals surface area (Å²) >= 11 is 2.37. The van der Waals surface area contributed by atoms with E-state index in [-0.39, 0.29) is 17.6 Å². The predicted octanol–water partition coefficient (Wildman–Crippen LogP) is 3.52.